The van der Waals surface area contributed by atoms with Gasteiger partial charge in [-0.25, -0.2) is 9.07 Å². The lowest BCUT2D eigenvalue weighted by molar-refractivity contribution is -0.110. The first-order valence-electron chi connectivity index (χ1n) is 13.5. The molecule has 0 saturated carbocycles. The third kappa shape index (κ3) is 5.33. The molecule has 1 aliphatic heterocycles. The molecule has 5 rings (SSSR count). The van der Waals surface area contributed by atoms with Crippen LogP contribution in [0.15, 0.2) is 54.9 Å². The second kappa shape index (κ2) is 11.3. The van der Waals surface area contributed by atoms with Crippen LogP contribution in [0.4, 0.5) is 10.1 Å². The van der Waals surface area contributed by atoms with E-state index in [-0.39, 0.29) is 17.6 Å². The van der Waals surface area contributed by atoms with Crippen LogP contribution in [-0.4, -0.2) is 57.7 Å². The van der Waals surface area contributed by atoms with Gasteiger partial charge in [0.05, 0.1) is 23.0 Å². The average molecular weight is 541 g/mol. The predicted octanol–water partition coefficient (Wildman–Crippen LogP) is 5.19. The van der Waals surface area contributed by atoms with Crippen LogP contribution in [0.5, 0.6) is 0 Å². The maximum Gasteiger partial charge on any atom is 0.256 e. The first-order chi connectivity index (χ1) is 19.3. The zero-order valence-electron chi connectivity index (χ0n) is 23.1. The number of halogens is 1. The van der Waals surface area contributed by atoms with Crippen molar-refractivity contribution in [3.63, 3.8) is 0 Å². The molecular formula is C31H33FN6O2. The van der Waals surface area contributed by atoms with Crippen LogP contribution in [0.2, 0.25) is 0 Å². The average Bonchev–Trinajstić information content (AvgIpc) is 3.62. The Labute approximate surface area is 232 Å². The van der Waals surface area contributed by atoms with Crippen molar-refractivity contribution in [2.24, 2.45) is 0 Å². The number of carbonyl (C=O) groups is 2. The van der Waals surface area contributed by atoms with Crippen LogP contribution in [0.3, 0.4) is 0 Å². The van der Waals surface area contributed by atoms with Crippen LogP contribution >= 0.6 is 0 Å². The fourth-order valence-corrected chi connectivity index (χ4v) is 5.10. The van der Waals surface area contributed by atoms with Gasteiger partial charge in [0.2, 0.25) is 0 Å². The number of anilines is 1. The van der Waals surface area contributed by atoms with Gasteiger partial charge in [0.25, 0.3) is 11.8 Å². The van der Waals surface area contributed by atoms with Gasteiger partial charge in [-0.3, -0.25) is 9.59 Å². The summed E-state index contributed by atoms with van der Waals surface area (Å²) in [5.41, 5.74) is 7.17. The van der Waals surface area contributed by atoms with Crippen LogP contribution in [0, 0.1) is 19.7 Å². The van der Waals surface area contributed by atoms with Gasteiger partial charge in [-0.05, 0) is 74.5 Å². The molecular weight excluding hydrogens is 507 g/mol. The summed E-state index contributed by atoms with van der Waals surface area (Å²) >= 11 is 0. The van der Waals surface area contributed by atoms with Gasteiger partial charge >= 0.3 is 0 Å². The number of aromatic nitrogens is 3. The van der Waals surface area contributed by atoms with Crippen molar-refractivity contribution in [3.8, 4) is 16.8 Å². The summed E-state index contributed by atoms with van der Waals surface area (Å²) in [4.78, 5) is 31.5. The van der Waals surface area contributed by atoms with Crippen LogP contribution < -0.4 is 10.6 Å². The Balaban J connectivity index is 1.41. The molecule has 0 radical (unpaired) electrons. The normalized spacial score (nSPS) is 13.7. The van der Waals surface area contributed by atoms with E-state index in [4.69, 9.17) is 0 Å². The first kappa shape index (κ1) is 27.1. The van der Waals surface area contributed by atoms with E-state index in [0.717, 1.165) is 47.6 Å². The molecule has 3 N–H and O–H groups in total. The van der Waals surface area contributed by atoms with E-state index in [9.17, 15) is 14.0 Å². The van der Waals surface area contributed by atoms with Gasteiger partial charge in [-0.15, -0.1) is 0 Å². The van der Waals surface area contributed by atoms with Gasteiger partial charge < -0.3 is 20.5 Å². The molecule has 0 aliphatic carbocycles. The molecule has 0 unspecified atom stereocenters. The van der Waals surface area contributed by atoms with E-state index in [1.807, 2.05) is 38.2 Å². The number of likely N-dealkylation sites (N-methyl/N-ethyl adjacent to an activating group) is 1. The number of benzene rings is 2. The highest BCUT2D eigenvalue weighted by Gasteiger charge is 2.26. The zero-order valence-corrected chi connectivity index (χ0v) is 23.1. The minimum atomic E-state index is -0.332. The summed E-state index contributed by atoms with van der Waals surface area (Å²) < 4.78 is 15.3. The van der Waals surface area contributed by atoms with Crippen molar-refractivity contribution in [1.82, 2.24) is 25.0 Å². The Hall–Kier alpha value is -4.50. The summed E-state index contributed by atoms with van der Waals surface area (Å²) in [5, 5.41) is 10.3. The molecule has 9 heteroatoms. The second-order valence-electron chi connectivity index (χ2n) is 9.87. The maximum absolute atomic E-state index is 13.7. The maximum atomic E-state index is 13.7. The molecule has 40 heavy (non-hydrogen) atoms. The number of amides is 2. The highest BCUT2D eigenvalue weighted by atomic mass is 19.1. The quantitative estimate of drug-likeness (QED) is 0.255. The number of aryl methyl sites for hydroxylation is 1. The molecule has 0 bridgehead atoms. The minimum Gasteiger partial charge on any atom is -0.358 e. The lowest BCUT2D eigenvalue weighted by Crippen LogP contribution is -2.35. The van der Waals surface area contributed by atoms with E-state index >= 15 is 0 Å². The Morgan fingerprint density at radius 3 is 2.67 bits per heavy atom. The van der Waals surface area contributed by atoms with Gasteiger partial charge in [-0.2, -0.15) is 5.10 Å². The molecule has 0 atom stereocenters. The summed E-state index contributed by atoms with van der Waals surface area (Å²) in [5.74, 6) is -0.669. The fourth-order valence-electron chi connectivity index (χ4n) is 5.10. The Kier molecular flexibility index (Phi) is 7.66. The van der Waals surface area contributed by atoms with Crippen LogP contribution in [0.1, 0.15) is 46.7 Å². The number of hydrogen-bond donors (Lipinski definition) is 3. The highest BCUT2D eigenvalue weighted by Crippen LogP contribution is 2.37. The second-order valence-corrected chi connectivity index (χ2v) is 9.87. The van der Waals surface area contributed by atoms with E-state index in [1.54, 1.807) is 29.1 Å². The topological polar surface area (TPSA) is 95.1 Å². The minimum absolute atomic E-state index is 0.128. The lowest BCUT2D eigenvalue weighted by Gasteiger charge is -2.18. The summed E-state index contributed by atoms with van der Waals surface area (Å²) in [6.07, 6.45) is 5.34. The number of nitrogens with zero attached hydrogens (tertiary/aromatic N) is 3. The summed E-state index contributed by atoms with van der Waals surface area (Å²) in [6, 6.07) is 12.0. The van der Waals surface area contributed by atoms with E-state index in [0.29, 0.717) is 34.8 Å². The number of fused-ring (bicyclic) bond motifs is 1. The Morgan fingerprint density at radius 1 is 1.12 bits per heavy atom. The van der Waals surface area contributed by atoms with E-state index in [1.165, 1.54) is 12.1 Å². The van der Waals surface area contributed by atoms with Gasteiger partial charge in [0, 0.05) is 47.5 Å². The standard InChI is InChI=1S/C31H33FN6O2/c1-5-37(6-2)13-12-33-31(40)29-19(3)28(35-20(29)4)16-26-25-14-21(10-11-27(25)36-30(26)39)22-17-34-38(18-22)24-9-7-8-23(32)15-24/h7-11,14-18,35H,5-6,12-13H2,1-4H3,(H,33,40)(H,36,39)/b26-16-. The molecule has 3 heterocycles. The Morgan fingerprint density at radius 2 is 1.93 bits per heavy atom. The summed E-state index contributed by atoms with van der Waals surface area (Å²) in [7, 11) is 0. The van der Waals surface area contributed by atoms with Crippen molar-refractivity contribution >= 4 is 29.2 Å². The molecule has 0 fully saturated rings. The fraction of sp³-hybridized carbons (Fsp3) is 0.258. The molecule has 2 amide bonds. The lowest BCUT2D eigenvalue weighted by atomic mass is 10.00. The van der Waals surface area contributed by atoms with Crippen LogP contribution in [0.25, 0.3) is 28.5 Å². The molecule has 0 spiro atoms. The first-order valence-corrected chi connectivity index (χ1v) is 13.5. The number of aromatic amines is 1. The Bertz CT molecular complexity index is 1610. The zero-order chi connectivity index (χ0) is 28.4. The van der Waals surface area contributed by atoms with E-state index in [2.05, 4.69) is 39.5 Å². The number of rotatable bonds is 9. The molecule has 1 aliphatic rings. The molecule has 8 nitrogen and oxygen atoms in total. The monoisotopic (exact) mass is 540 g/mol. The molecule has 0 saturated heterocycles. The number of nitrogens with one attached hydrogen (secondary N) is 3. The number of H-pyrrole nitrogens is 1. The van der Waals surface area contributed by atoms with Gasteiger partial charge in [-0.1, -0.05) is 26.0 Å². The molecule has 4 aromatic rings. The predicted molar refractivity (Wildman–Crippen MR) is 156 cm³/mol. The highest BCUT2D eigenvalue weighted by molar-refractivity contribution is 6.35. The molecule has 2 aromatic heterocycles. The largest absolute Gasteiger partial charge is 0.358 e. The van der Waals surface area contributed by atoms with Crippen molar-refractivity contribution < 1.29 is 14.0 Å². The molecule has 206 valence electrons. The van der Waals surface area contributed by atoms with Crippen molar-refractivity contribution in [2.45, 2.75) is 27.7 Å². The summed E-state index contributed by atoms with van der Waals surface area (Å²) in [6.45, 7) is 11.2. The number of carbonyl (C=O) groups excluding carboxylic acids is 2. The van der Waals surface area contributed by atoms with Gasteiger partial charge in [0.15, 0.2) is 0 Å². The number of hydrogen-bond acceptors (Lipinski definition) is 4. The smallest absolute Gasteiger partial charge is 0.256 e. The van der Waals surface area contributed by atoms with Crippen LogP contribution in [-0.2, 0) is 4.79 Å². The third-order valence-corrected chi connectivity index (χ3v) is 7.39. The van der Waals surface area contributed by atoms with Crippen molar-refractivity contribution in [3.05, 3.63) is 88.8 Å². The third-order valence-electron chi connectivity index (χ3n) is 7.39. The van der Waals surface area contributed by atoms with Crippen molar-refractivity contribution in [2.75, 3.05) is 31.5 Å². The van der Waals surface area contributed by atoms with E-state index < -0.39 is 0 Å². The van der Waals surface area contributed by atoms with Gasteiger partial charge in [0.1, 0.15) is 5.82 Å². The van der Waals surface area contributed by atoms with Crippen molar-refractivity contribution in [1.29, 1.82) is 0 Å². The SMILES string of the molecule is CCN(CC)CCNC(=O)c1c(C)[nH]c(/C=C2\C(=O)Nc3ccc(-c4cnn(-c5cccc(F)c5)c4)cc32)c1C. The molecule has 2 aromatic carbocycles.